The highest BCUT2D eigenvalue weighted by molar-refractivity contribution is 5.92. The van der Waals surface area contributed by atoms with Crippen LogP contribution in [0.1, 0.15) is 64.9 Å². The van der Waals surface area contributed by atoms with Gasteiger partial charge in [-0.25, -0.2) is 4.98 Å². The van der Waals surface area contributed by atoms with Crippen LogP contribution in [0.25, 0.3) is 11.3 Å². The average Bonchev–Trinajstić information content (AvgIpc) is 3.22. The number of nitrogens with one attached hydrogen (secondary N) is 1. The van der Waals surface area contributed by atoms with Crippen LogP contribution in [0.3, 0.4) is 0 Å². The van der Waals surface area contributed by atoms with Crippen molar-refractivity contribution in [1.29, 1.82) is 0 Å². The molecule has 3 N–H and O–H groups in total. The van der Waals surface area contributed by atoms with Crippen molar-refractivity contribution in [2.24, 2.45) is 11.7 Å². The van der Waals surface area contributed by atoms with Gasteiger partial charge >= 0.3 is 0 Å². The summed E-state index contributed by atoms with van der Waals surface area (Å²) >= 11 is 0. The van der Waals surface area contributed by atoms with E-state index >= 15 is 0 Å². The fraction of sp³-hybridized carbons (Fsp3) is 0.429. The van der Waals surface area contributed by atoms with Crippen LogP contribution in [0.5, 0.6) is 0 Å². The first kappa shape index (κ1) is 19.2. The lowest BCUT2D eigenvalue weighted by atomic mass is 9.77. The molecule has 3 aromatic rings. The van der Waals surface area contributed by atoms with E-state index < -0.39 is 5.91 Å². The van der Waals surface area contributed by atoms with Crippen LogP contribution < -0.4 is 5.73 Å². The molecule has 0 bridgehead atoms. The summed E-state index contributed by atoms with van der Waals surface area (Å²) in [5.41, 5.74) is 10.0. The zero-order valence-electron chi connectivity index (χ0n) is 16.7. The van der Waals surface area contributed by atoms with Gasteiger partial charge in [-0.3, -0.25) is 9.78 Å². The van der Waals surface area contributed by atoms with E-state index in [-0.39, 0.29) is 5.69 Å². The molecule has 1 amide bonds. The van der Waals surface area contributed by atoms with E-state index in [0.29, 0.717) is 23.2 Å². The smallest absolute Gasteiger partial charge is 0.269 e. The molecule has 0 radical (unpaired) electrons. The third-order valence-electron chi connectivity index (χ3n) is 5.84. The number of aryl methyl sites for hydroxylation is 2. The quantitative estimate of drug-likeness (QED) is 0.689. The number of rotatable bonds is 5. The van der Waals surface area contributed by atoms with Gasteiger partial charge in [-0.1, -0.05) is 29.5 Å². The highest BCUT2D eigenvalue weighted by Gasteiger charge is 2.24. The Hall–Kier alpha value is -3.16. The summed E-state index contributed by atoms with van der Waals surface area (Å²) in [5.74, 6) is 1.45. The van der Waals surface area contributed by atoms with Crippen molar-refractivity contribution in [3.8, 4) is 11.3 Å². The maximum atomic E-state index is 11.6. The second-order valence-corrected chi connectivity index (χ2v) is 7.83. The van der Waals surface area contributed by atoms with E-state index in [1.54, 1.807) is 6.92 Å². The minimum absolute atomic E-state index is 0.231. The van der Waals surface area contributed by atoms with Gasteiger partial charge in [0.15, 0.2) is 5.82 Å². The minimum Gasteiger partial charge on any atom is -0.364 e. The van der Waals surface area contributed by atoms with Crippen molar-refractivity contribution in [2.75, 3.05) is 0 Å². The van der Waals surface area contributed by atoms with E-state index in [1.165, 1.54) is 18.4 Å². The Morgan fingerprint density at radius 2 is 1.79 bits per heavy atom. The Morgan fingerprint density at radius 1 is 1.07 bits per heavy atom. The van der Waals surface area contributed by atoms with E-state index in [1.807, 2.05) is 6.92 Å². The number of hydrogen-bond acceptors (Lipinski definition) is 6. The van der Waals surface area contributed by atoms with Gasteiger partial charge in [0.1, 0.15) is 5.69 Å². The Kier molecular flexibility index (Phi) is 5.33. The highest BCUT2D eigenvalue weighted by Crippen LogP contribution is 2.37. The number of H-pyrrole nitrogens is 1. The van der Waals surface area contributed by atoms with E-state index in [0.717, 1.165) is 36.3 Å². The molecule has 1 fully saturated rings. The van der Waals surface area contributed by atoms with Crippen LogP contribution >= 0.6 is 0 Å². The molecule has 2 aromatic heterocycles. The van der Waals surface area contributed by atoms with Crippen LogP contribution in [0, 0.1) is 19.8 Å². The summed E-state index contributed by atoms with van der Waals surface area (Å²) in [6.07, 6.45) is 5.57. The number of nitrogens with zero attached hydrogens (tertiary/aromatic N) is 5. The number of hydrogen-bond donors (Lipinski definition) is 2. The fourth-order valence-electron chi connectivity index (χ4n) is 4.28. The summed E-state index contributed by atoms with van der Waals surface area (Å²) in [6.45, 7) is 3.65. The lowest BCUT2D eigenvalue weighted by Gasteiger charge is -2.28. The number of nitrogens with two attached hydrogens (primary N) is 1. The molecule has 8 nitrogen and oxygen atoms in total. The maximum Gasteiger partial charge on any atom is 0.269 e. The van der Waals surface area contributed by atoms with Crippen molar-refractivity contribution in [1.82, 2.24) is 30.6 Å². The minimum atomic E-state index is -0.551. The molecule has 1 aliphatic carbocycles. The standard InChI is InChI=1S/C21H25N7O/c1-12-19(24-20(21(22)29)13(2)23-12)17-9-7-16(8-10-17)15-5-3-14(4-6-15)11-18-25-27-28-26-18/h7-10,14-15H,3-6,11H2,1-2H3,(H2,22,29)(H,25,26,27,28). The molecule has 1 saturated carbocycles. The van der Waals surface area contributed by atoms with Gasteiger partial charge in [-0.2, -0.15) is 5.21 Å². The SMILES string of the molecule is Cc1nc(C)c(-c2ccc(C3CCC(Cc4nn[nH]n4)CC3)cc2)nc1C(N)=O. The number of aromatic amines is 1. The molecular formula is C21H25N7O. The summed E-state index contributed by atoms with van der Waals surface area (Å²) in [4.78, 5) is 20.5. The van der Waals surface area contributed by atoms with Crippen LogP contribution in [-0.2, 0) is 6.42 Å². The molecule has 4 rings (SSSR count). The molecule has 150 valence electrons. The Balaban J connectivity index is 1.45. The molecule has 29 heavy (non-hydrogen) atoms. The van der Waals surface area contributed by atoms with Gasteiger partial charge < -0.3 is 5.73 Å². The first-order chi connectivity index (χ1) is 14.0. The first-order valence-corrected chi connectivity index (χ1v) is 9.99. The van der Waals surface area contributed by atoms with Crippen LogP contribution in [0.2, 0.25) is 0 Å². The second-order valence-electron chi connectivity index (χ2n) is 7.83. The lowest BCUT2D eigenvalue weighted by molar-refractivity contribution is 0.0994. The number of primary amides is 1. The van der Waals surface area contributed by atoms with Crippen molar-refractivity contribution < 1.29 is 4.79 Å². The normalized spacial score (nSPS) is 19.2. The van der Waals surface area contributed by atoms with Crippen molar-refractivity contribution in [2.45, 2.75) is 51.9 Å². The zero-order chi connectivity index (χ0) is 20.4. The second kappa shape index (κ2) is 8.06. The Bertz CT molecular complexity index is 991. The van der Waals surface area contributed by atoms with Crippen molar-refractivity contribution >= 4 is 5.91 Å². The first-order valence-electron chi connectivity index (χ1n) is 9.99. The van der Waals surface area contributed by atoms with Crippen LogP contribution in [-0.4, -0.2) is 36.5 Å². The van der Waals surface area contributed by atoms with Gasteiger partial charge in [0.05, 0.1) is 17.1 Å². The predicted octanol–water partition coefficient (Wildman–Crippen LogP) is 2.89. The lowest BCUT2D eigenvalue weighted by Crippen LogP contribution is -2.17. The molecule has 0 spiro atoms. The number of benzene rings is 1. The number of aromatic nitrogens is 6. The van der Waals surface area contributed by atoms with E-state index in [9.17, 15) is 4.79 Å². The molecule has 0 atom stereocenters. The number of carbonyl (C=O) groups is 1. The number of tetrazole rings is 1. The molecule has 0 unspecified atom stereocenters. The average molecular weight is 391 g/mol. The fourth-order valence-corrected chi connectivity index (χ4v) is 4.28. The van der Waals surface area contributed by atoms with Crippen molar-refractivity contribution in [3.05, 3.63) is 52.7 Å². The summed E-state index contributed by atoms with van der Waals surface area (Å²) in [7, 11) is 0. The van der Waals surface area contributed by atoms with Gasteiger partial charge in [0, 0.05) is 12.0 Å². The molecule has 0 saturated heterocycles. The third-order valence-corrected chi connectivity index (χ3v) is 5.84. The van der Waals surface area contributed by atoms with Gasteiger partial charge in [-0.15, -0.1) is 10.2 Å². The number of amides is 1. The van der Waals surface area contributed by atoms with Gasteiger partial charge in [0.2, 0.25) is 0 Å². The van der Waals surface area contributed by atoms with E-state index in [4.69, 9.17) is 5.73 Å². The molecule has 1 aliphatic rings. The summed E-state index contributed by atoms with van der Waals surface area (Å²) < 4.78 is 0. The monoisotopic (exact) mass is 391 g/mol. The Morgan fingerprint density at radius 3 is 2.41 bits per heavy atom. The Labute approximate surface area is 169 Å². The maximum absolute atomic E-state index is 11.6. The third kappa shape index (κ3) is 4.16. The zero-order valence-corrected chi connectivity index (χ0v) is 16.7. The predicted molar refractivity (Wildman–Crippen MR) is 108 cm³/mol. The summed E-state index contributed by atoms with van der Waals surface area (Å²) in [5, 5.41) is 14.3. The topological polar surface area (TPSA) is 123 Å². The molecule has 1 aromatic carbocycles. The van der Waals surface area contributed by atoms with Crippen molar-refractivity contribution in [3.63, 3.8) is 0 Å². The van der Waals surface area contributed by atoms with Crippen LogP contribution in [0.15, 0.2) is 24.3 Å². The number of carbonyl (C=O) groups excluding carboxylic acids is 1. The molecular weight excluding hydrogens is 366 g/mol. The highest BCUT2D eigenvalue weighted by atomic mass is 16.1. The molecule has 0 aliphatic heterocycles. The summed E-state index contributed by atoms with van der Waals surface area (Å²) in [6, 6.07) is 8.48. The van der Waals surface area contributed by atoms with Gasteiger partial charge in [-0.05, 0) is 56.9 Å². The molecule has 8 heteroatoms. The van der Waals surface area contributed by atoms with E-state index in [2.05, 4.69) is 54.9 Å². The largest absolute Gasteiger partial charge is 0.364 e. The van der Waals surface area contributed by atoms with Gasteiger partial charge in [0.25, 0.3) is 5.91 Å². The molecule has 2 heterocycles. The van der Waals surface area contributed by atoms with Crippen LogP contribution in [0.4, 0.5) is 0 Å².